The van der Waals surface area contributed by atoms with E-state index in [1.165, 1.54) is 30.5 Å². The molecule has 4 rings (SSSR count). The molecule has 0 saturated carbocycles. The van der Waals surface area contributed by atoms with E-state index in [-0.39, 0.29) is 23.5 Å². The van der Waals surface area contributed by atoms with Gasteiger partial charge in [-0.05, 0) is 68.6 Å². The first-order chi connectivity index (χ1) is 15.0. The summed E-state index contributed by atoms with van der Waals surface area (Å²) in [4.78, 5) is 15.4. The van der Waals surface area contributed by atoms with Crippen LogP contribution < -0.4 is 5.32 Å². The number of nitrogens with one attached hydrogen (secondary N) is 1. The molecule has 1 aliphatic heterocycles. The minimum absolute atomic E-state index is 0.116. The third-order valence-corrected chi connectivity index (χ3v) is 6.08. The van der Waals surface area contributed by atoms with Gasteiger partial charge < -0.3 is 5.32 Å². The summed E-state index contributed by atoms with van der Waals surface area (Å²) < 4.78 is 14.8. The number of carbonyl (C=O) groups excluding carboxylic acids is 1. The van der Waals surface area contributed by atoms with E-state index in [1.54, 1.807) is 23.7 Å². The van der Waals surface area contributed by atoms with Crippen LogP contribution in [0.5, 0.6) is 0 Å². The maximum absolute atomic E-state index is 13.2. The summed E-state index contributed by atoms with van der Waals surface area (Å²) in [5.74, 6) is 0.169. The molecule has 3 aromatic rings. The second-order valence-electron chi connectivity index (χ2n) is 8.27. The Morgan fingerprint density at radius 3 is 2.48 bits per heavy atom. The van der Waals surface area contributed by atoms with Crippen LogP contribution in [-0.4, -0.2) is 45.4 Å². The zero-order valence-corrected chi connectivity index (χ0v) is 18.0. The van der Waals surface area contributed by atoms with Gasteiger partial charge in [0.15, 0.2) is 5.69 Å². The lowest BCUT2D eigenvalue weighted by Gasteiger charge is -2.37. The van der Waals surface area contributed by atoms with Crippen molar-refractivity contribution < 1.29 is 9.18 Å². The smallest absolute Gasteiger partial charge is 0.273 e. The van der Waals surface area contributed by atoms with Crippen LogP contribution in [-0.2, 0) is 0 Å². The number of hydrogen-bond donors (Lipinski definition) is 1. The Hall–Kier alpha value is -3.06. The fourth-order valence-electron chi connectivity index (χ4n) is 4.11. The molecule has 1 aromatic heterocycles. The molecule has 2 heterocycles. The Kier molecular flexibility index (Phi) is 6.42. The molecule has 1 aliphatic rings. The molecule has 2 aromatic carbocycles. The molecule has 7 heteroatoms. The Labute approximate surface area is 182 Å². The fraction of sp³-hybridized carbons (Fsp3) is 0.375. The standard InChI is InChI=1S/C24H28FN5O/c1-17-12-14-29(15-13-17)22(19-6-4-3-5-7-19)16-26-24(31)23-18(2)30(28-27-23)21-10-8-20(25)9-11-21/h3-11,17,22H,12-16H2,1-2H3,(H,26,31). The van der Waals surface area contributed by atoms with Crippen molar-refractivity contribution in [2.45, 2.75) is 32.7 Å². The average Bonchev–Trinajstić information content (AvgIpc) is 3.17. The number of rotatable bonds is 6. The Morgan fingerprint density at radius 1 is 1.13 bits per heavy atom. The van der Waals surface area contributed by atoms with E-state index in [2.05, 4.69) is 39.6 Å². The van der Waals surface area contributed by atoms with Crippen LogP contribution in [0.15, 0.2) is 54.6 Å². The fourth-order valence-corrected chi connectivity index (χ4v) is 4.11. The monoisotopic (exact) mass is 421 g/mol. The van der Waals surface area contributed by atoms with Crippen LogP contribution in [0.4, 0.5) is 4.39 Å². The number of carbonyl (C=O) groups is 1. The van der Waals surface area contributed by atoms with E-state index in [0.717, 1.165) is 19.0 Å². The molecule has 0 spiro atoms. The molecule has 1 atom stereocenters. The average molecular weight is 422 g/mol. The number of aromatic nitrogens is 3. The predicted octanol–water partition coefficient (Wildman–Crippen LogP) is 3.92. The number of piperidine rings is 1. The SMILES string of the molecule is Cc1c(C(=O)NCC(c2ccccc2)N2CCC(C)CC2)nnn1-c1ccc(F)cc1. The van der Waals surface area contributed by atoms with Gasteiger partial charge in [-0.2, -0.15) is 0 Å². The molecule has 31 heavy (non-hydrogen) atoms. The minimum atomic E-state index is -0.321. The van der Waals surface area contributed by atoms with Crippen molar-refractivity contribution in [1.82, 2.24) is 25.2 Å². The highest BCUT2D eigenvalue weighted by atomic mass is 19.1. The largest absolute Gasteiger partial charge is 0.349 e. The molecule has 1 unspecified atom stereocenters. The highest BCUT2D eigenvalue weighted by Gasteiger charge is 2.26. The first-order valence-electron chi connectivity index (χ1n) is 10.8. The van der Waals surface area contributed by atoms with E-state index in [0.29, 0.717) is 17.9 Å². The van der Waals surface area contributed by atoms with Crippen LogP contribution in [0.25, 0.3) is 5.69 Å². The Bertz CT molecular complexity index is 1010. The third kappa shape index (κ3) is 4.82. The van der Waals surface area contributed by atoms with Gasteiger partial charge >= 0.3 is 0 Å². The van der Waals surface area contributed by atoms with Crippen LogP contribution >= 0.6 is 0 Å². The van der Waals surface area contributed by atoms with Gasteiger partial charge in [0.1, 0.15) is 5.82 Å². The number of benzene rings is 2. The summed E-state index contributed by atoms with van der Waals surface area (Å²) in [7, 11) is 0. The lowest BCUT2D eigenvalue weighted by Crippen LogP contribution is -2.42. The van der Waals surface area contributed by atoms with E-state index in [4.69, 9.17) is 0 Å². The number of halogens is 1. The molecule has 0 aliphatic carbocycles. The van der Waals surface area contributed by atoms with Crippen LogP contribution in [0.3, 0.4) is 0 Å². The zero-order valence-electron chi connectivity index (χ0n) is 18.0. The third-order valence-electron chi connectivity index (χ3n) is 6.08. The zero-order chi connectivity index (χ0) is 21.8. The van der Waals surface area contributed by atoms with E-state index < -0.39 is 0 Å². The molecule has 1 amide bonds. The lowest BCUT2D eigenvalue weighted by atomic mass is 9.95. The summed E-state index contributed by atoms with van der Waals surface area (Å²) in [6.45, 7) is 6.63. The molecule has 1 N–H and O–H groups in total. The highest BCUT2D eigenvalue weighted by molar-refractivity contribution is 5.93. The van der Waals surface area contributed by atoms with Crippen molar-refractivity contribution >= 4 is 5.91 Å². The summed E-state index contributed by atoms with van der Waals surface area (Å²) >= 11 is 0. The van der Waals surface area contributed by atoms with Crippen molar-refractivity contribution in [3.63, 3.8) is 0 Å². The first kappa shape index (κ1) is 21.2. The van der Waals surface area contributed by atoms with Gasteiger partial charge in [-0.3, -0.25) is 9.69 Å². The second-order valence-corrected chi connectivity index (χ2v) is 8.27. The normalized spacial score (nSPS) is 16.2. The van der Waals surface area contributed by atoms with Gasteiger partial charge in [-0.25, -0.2) is 9.07 Å². The molecular weight excluding hydrogens is 393 g/mol. The van der Waals surface area contributed by atoms with Gasteiger partial charge in [0.2, 0.25) is 0 Å². The molecular formula is C24H28FN5O. The van der Waals surface area contributed by atoms with Crippen molar-refractivity contribution in [1.29, 1.82) is 0 Å². The molecule has 0 radical (unpaired) electrons. The predicted molar refractivity (Wildman–Crippen MR) is 118 cm³/mol. The van der Waals surface area contributed by atoms with Crippen molar-refractivity contribution in [2.24, 2.45) is 5.92 Å². The van der Waals surface area contributed by atoms with E-state index >= 15 is 0 Å². The molecule has 6 nitrogen and oxygen atoms in total. The van der Waals surface area contributed by atoms with E-state index in [9.17, 15) is 9.18 Å². The van der Waals surface area contributed by atoms with Gasteiger partial charge in [-0.15, -0.1) is 5.10 Å². The maximum Gasteiger partial charge on any atom is 0.273 e. The topological polar surface area (TPSA) is 63.1 Å². The second kappa shape index (κ2) is 9.39. The Morgan fingerprint density at radius 2 is 1.81 bits per heavy atom. The number of nitrogens with zero attached hydrogens (tertiary/aromatic N) is 4. The van der Waals surface area contributed by atoms with Crippen LogP contribution in [0.1, 0.15) is 47.6 Å². The maximum atomic E-state index is 13.2. The van der Waals surface area contributed by atoms with Crippen LogP contribution in [0.2, 0.25) is 0 Å². The molecule has 0 bridgehead atoms. The van der Waals surface area contributed by atoms with Crippen molar-refractivity contribution in [3.8, 4) is 5.69 Å². The quantitative estimate of drug-likeness (QED) is 0.655. The molecule has 1 fully saturated rings. The van der Waals surface area contributed by atoms with Crippen LogP contribution in [0, 0.1) is 18.7 Å². The summed E-state index contributed by atoms with van der Waals surface area (Å²) in [5, 5.41) is 11.2. The number of amides is 1. The van der Waals surface area contributed by atoms with Gasteiger partial charge in [-0.1, -0.05) is 42.5 Å². The molecule has 1 saturated heterocycles. The first-order valence-corrected chi connectivity index (χ1v) is 10.8. The van der Waals surface area contributed by atoms with E-state index in [1.807, 2.05) is 18.2 Å². The van der Waals surface area contributed by atoms with Gasteiger partial charge in [0.25, 0.3) is 5.91 Å². The lowest BCUT2D eigenvalue weighted by molar-refractivity contribution is 0.0907. The minimum Gasteiger partial charge on any atom is -0.349 e. The Balaban J connectivity index is 1.48. The number of likely N-dealkylation sites (tertiary alicyclic amines) is 1. The number of hydrogen-bond acceptors (Lipinski definition) is 4. The summed E-state index contributed by atoms with van der Waals surface area (Å²) in [5.41, 5.74) is 2.76. The van der Waals surface area contributed by atoms with Gasteiger partial charge in [0, 0.05) is 6.54 Å². The van der Waals surface area contributed by atoms with Crippen molar-refractivity contribution in [2.75, 3.05) is 19.6 Å². The summed E-state index contributed by atoms with van der Waals surface area (Å²) in [6.07, 6.45) is 2.34. The summed E-state index contributed by atoms with van der Waals surface area (Å²) in [6, 6.07) is 16.4. The van der Waals surface area contributed by atoms with Crippen molar-refractivity contribution in [3.05, 3.63) is 77.4 Å². The highest BCUT2D eigenvalue weighted by Crippen LogP contribution is 2.26. The molecule has 162 valence electrons. The van der Waals surface area contributed by atoms with Gasteiger partial charge in [0.05, 0.1) is 17.4 Å².